The molecule has 4 nitrogen and oxygen atoms in total. The Hall–Kier alpha value is -2.20. The number of hydrogen-bond donors (Lipinski definition) is 0. The van der Waals surface area contributed by atoms with Crippen LogP contribution in [0.5, 0.6) is 5.75 Å². The fraction of sp³-hybridized carbons (Fsp3) is 0.400. The summed E-state index contributed by atoms with van der Waals surface area (Å²) in [6.45, 7) is 5.41. The molecule has 1 spiro atoms. The lowest BCUT2D eigenvalue weighted by Gasteiger charge is -2.39. The van der Waals surface area contributed by atoms with E-state index < -0.39 is 0 Å². The van der Waals surface area contributed by atoms with Crippen molar-refractivity contribution in [2.24, 2.45) is 5.11 Å². The van der Waals surface area contributed by atoms with E-state index in [1.54, 1.807) is 7.11 Å². The van der Waals surface area contributed by atoms with Crippen molar-refractivity contribution in [3.63, 3.8) is 0 Å². The van der Waals surface area contributed by atoms with Gasteiger partial charge in [-0.25, -0.2) is 4.48 Å². The second-order valence-electron chi connectivity index (χ2n) is 6.96. The summed E-state index contributed by atoms with van der Waals surface area (Å²) in [4.78, 5) is 0. The highest BCUT2D eigenvalue weighted by Crippen LogP contribution is 2.43. The number of nitrogens with zero attached hydrogens (tertiary/aromatic N) is 3. The number of ether oxygens (including phenoxy) is 1. The highest BCUT2D eigenvalue weighted by molar-refractivity contribution is 5.66. The molecule has 24 heavy (non-hydrogen) atoms. The van der Waals surface area contributed by atoms with Crippen LogP contribution in [0.2, 0.25) is 0 Å². The monoisotopic (exact) mass is 323 g/mol. The largest absolute Gasteiger partial charge is 0.490 e. The molecule has 0 amide bonds. The van der Waals surface area contributed by atoms with E-state index in [1.165, 1.54) is 43.6 Å². The van der Waals surface area contributed by atoms with Crippen molar-refractivity contribution in [2.75, 3.05) is 26.9 Å². The molecule has 0 bridgehead atoms. The van der Waals surface area contributed by atoms with Gasteiger partial charge in [-0.05, 0) is 48.6 Å². The number of rotatable bonds is 2. The van der Waals surface area contributed by atoms with Crippen LogP contribution in [-0.2, 0) is 0 Å². The lowest BCUT2D eigenvalue weighted by Crippen LogP contribution is -2.56. The van der Waals surface area contributed by atoms with Gasteiger partial charge in [-0.3, -0.25) is 0 Å². The van der Waals surface area contributed by atoms with E-state index in [0.29, 0.717) is 0 Å². The van der Waals surface area contributed by atoms with Crippen LogP contribution in [0.15, 0.2) is 47.6 Å². The number of aryl methyl sites for hydroxylation is 1. The number of benzene rings is 2. The van der Waals surface area contributed by atoms with Crippen LogP contribution in [0.25, 0.3) is 0 Å². The molecule has 0 aromatic heterocycles. The van der Waals surface area contributed by atoms with Crippen LogP contribution in [0.1, 0.15) is 24.8 Å². The minimum absolute atomic E-state index is 0.882. The zero-order valence-electron chi connectivity index (χ0n) is 14.5. The van der Waals surface area contributed by atoms with Gasteiger partial charge in [0.15, 0.2) is 17.1 Å². The lowest BCUT2D eigenvalue weighted by molar-refractivity contribution is -0.533. The van der Waals surface area contributed by atoms with Gasteiger partial charge in [0.1, 0.15) is 0 Å². The summed E-state index contributed by atoms with van der Waals surface area (Å²) in [7, 11) is 1.73. The highest BCUT2D eigenvalue weighted by atomic mass is 16.5. The fourth-order valence-corrected chi connectivity index (χ4v) is 4.08. The Bertz CT molecular complexity index is 791. The molecular weight excluding hydrogens is 298 g/mol. The van der Waals surface area contributed by atoms with Crippen molar-refractivity contribution in [3.8, 4) is 5.75 Å². The molecule has 0 aliphatic carbocycles. The van der Waals surface area contributed by atoms with Crippen molar-refractivity contribution >= 4 is 17.1 Å². The molecule has 2 aliphatic heterocycles. The van der Waals surface area contributed by atoms with E-state index in [1.807, 2.05) is 12.1 Å². The van der Waals surface area contributed by atoms with Crippen molar-refractivity contribution in [1.82, 2.24) is 4.48 Å². The quantitative estimate of drug-likeness (QED) is 0.570. The van der Waals surface area contributed by atoms with Gasteiger partial charge >= 0.3 is 6.67 Å². The normalized spacial score (nSPS) is 18.8. The third-order valence-corrected chi connectivity index (χ3v) is 5.31. The molecule has 4 rings (SSSR count). The summed E-state index contributed by atoms with van der Waals surface area (Å²) in [6, 6.07) is 14.9. The van der Waals surface area contributed by atoms with Crippen LogP contribution in [0.3, 0.4) is 0 Å². The third-order valence-electron chi connectivity index (χ3n) is 5.31. The zero-order chi connectivity index (χ0) is 16.6. The predicted molar refractivity (Wildman–Crippen MR) is 96.4 cm³/mol. The molecule has 1 saturated heterocycles. The van der Waals surface area contributed by atoms with Gasteiger partial charge in [0.2, 0.25) is 0 Å². The average Bonchev–Trinajstić information content (AvgIpc) is 2.62. The summed E-state index contributed by atoms with van der Waals surface area (Å²) < 4.78 is 8.73. The van der Waals surface area contributed by atoms with Gasteiger partial charge in [-0.15, -0.1) is 0 Å². The van der Waals surface area contributed by atoms with Gasteiger partial charge in [-0.1, -0.05) is 18.2 Å². The number of para-hydroxylation sites is 2. The summed E-state index contributed by atoms with van der Waals surface area (Å²) in [5.74, 6) is 0.882. The molecule has 0 radical (unpaired) electrons. The van der Waals surface area contributed by atoms with Crippen molar-refractivity contribution in [3.05, 3.63) is 48.0 Å². The van der Waals surface area contributed by atoms with Gasteiger partial charge in [0.05, 0.1) is 20.2 Å². The molecule has 2 heterocycles. The van der Waals surface area contributed by atoms with E-state index in [2.05, 4.69) is 42.0 Å². The topological polar surface area (TPSA) is 24.6 Å². The fourth-order valence-electron chi connectivity index (χ4n) is 4.08. The number of fused-ring (bicyclic) bond motifs is 2. The van der Waals surface area contributed by atoms with Gasteiger partial charge in [0.25, 0.3) is 5.69 Å². The Labute approximate surface area is 143 Å². The molecule has 0 unspecified atom stereocenters. The summed E-state index contributed by atoms with van der Waals surface area (Å²) in [5.41, 5.74) is 4.80. The van der Waals surface area contributed by atoms with Crippen LogP contribution in [0.4, 0.5) is 17.1 Å². The predicted octanol–water partition coefficient (Wildman–Crippen LogP) is 4.89. The molecule has 2 aromatic carbocycles. The Balaban J connectivity index is 1.87. The smallest absolute Gasteiger partial charge is 0.306 e. The molecule has 4 heteroatoms. The third kappa shape index (κ3) is 2.51. The number of piperidine rings is 1. The maximum Gasteiger partial charge on any atom is 0.306 e. The molecule has 1 fully saturated rings. The van der Waals surface area contributed by atoms with Gasteiger partial charge < -0.3 is 4.74 Å². The van der Waals surface area contributed by atoms with Crippen LogP contribution < -0.4 is 9.22 Å². The Kier molecular flexibility index (Phi) is 3.85. The van der Waals surface area contributed by atoms with Crippen LogP contribution >= 0.6 is 0 Å². The molecule has 0 atom stereocenters. The van der Waals surface area contributed by atoms with E-state index in [4.69, 9.17) is 9.85 Å². The minimum atomic E-state index is 0.882. The second kappa shape index (κ2) is 6.02. The second-order valence-corrected chi connectivity index (χ2v) is 6.96. The molecule has 0 saturated carbocycles. The van der Waals surface area contributed by atoms with Crippen LogP contribution in [0, 0.1) is 6.92 Å². The minimum Gasteiger partial charge on any atom is -0.490 e. The summed E-state index contributed by atoms with van der Waals surface area (Å²) in [5, 5.41) is 4.97. The van der Waals surface area contributed by atoms with E-state index in [9.17, 15) is 0 Å². The van der Waals surface area contributed by atoms with E-state index >= 15 is 0 Å². The van der Waals surface area contributed by atoms with Crippen molar-refractivity contribution in [1.29, 1.82) is 0 Å². The SMILES string of the molecule is COc1ccccc1[N+]1=Nc2cc(C)ccc2[N+]2(CCCCC2)C1. The van der Waals surface area contributed by atoms with Crippen molar-refractivity contribution < 1.29 is 9.43 Å². The lowest BCUT2D eigenvalue weighted by atomic mass is 10.0. The standard InChI is InChI=1S/C20H25N3O/c1-16-10-11-19-17(14-16)21-22(15-23(19)12-6-3-7-13-23)18-8-4-5-9-20(18)24-2/h4-5,8-11,14H,3,6-7,12-13,15H2,1-2H3/q+2. The molecule has 0 N–H and O–H groups in total. The Morgan fingerprint density at radius 3 is 2.62 bits per heavy atom. The number of quaternary nitrogens is 1. The molecule has 2 aromatic rings. The van der Waals surface area contributed by atoms with Crippen molar-refractivity contribution in [2.45, 2.75) is 26.2 Å². The molecule has 2 aliphatic rings. The number of azo groups is 2. The number of hydrogen-bond acceptors (Lipinski definition) is 2. The maximum absolute atomic E-state index is 5.58. The first-order valence-corrected chi connectivity index (χ1v) is 8.81. The average molecular weight is 323 g/mol. The molecular formula is C20H25N3O+2. The van der Waals surface area contributed by atoms with Crippen LogP contribution in [-0.4, -0.2) is 31.6 Å². The van der Waals surface area contributed by atoms with E-state index in [0.717, 1.165) is 28.3 Å². The zero-order valence-corrected chi connectivity index (χ0v) is 14.5. The summed E-state index contributed by atoms with van der Waals surface area (Å²) in [6.07, 6.45) is 3.91. The maximum atomic E-state index is 5.58. The number of methoxy groups -OCH3 is 1. The molecule has 124 valence electrons. The van der Waals surface area contributed by atoms with E-state index in [-0.39, 0.29) is 0 Å². The Morgan fingerprint density at radius 2 is 1.83 bits per heavy atom. The van der Waals surface area contributed by atoms with Gasteiger partial charge in [-0.2, -0.15) is 0 Å². The highest BCUT2D eigenvalue weighted by Gasteiger charge is 2.44. The first-order chi connectivity index (χ1) is 11.7. The summed E-state index contributed by atoms with van der Waals surface area (Å²) >= 11 is 0. The van der Waals surface area contributed by atoms with Gasteiger partial charge in [0, 0.05) is 17.2 Å². The first kappa shape index (κ1) is 15.3. The Morgan fingerprint density at radius 1 is 1.04 bits per heavy atom. The first-order valence-electron chi connectivity index (χ1n) is 8.81.